The molecule has 4 heteroatoms. The predicted octanol–water partition coefficient (Wildman–Crippen LogP) is 4.53. The average molecular weight is 310 g/mol. The molecule has 1 saturated heterocycles. The van der Waals surface area contributed by atoms with Crippen LogP contribution in [0.1, 0.15) is 39.7 Å². The Morgan fingerprint density at radius 3 is 2.52 bits per heavy atom. The first-order chi connectivity index (χ1) is 9.74. The van der Waals surface area contributed by atoms with Gasteiger partial charge in [0.2, 0.25) is 0 Å². The highest BCUT2D eigenvalue weighted by Gasteiger charge is 2.35. The summed E-state index contributed by atoms with van der Waals surface area (Å²) in [5, 5.41) is 0.738. The van der Waals surface area contributed by atoms with E-state index in [1.165, 1.54) is 5.56 Å². The molecule has 1 amide bonds. The van der Waals surface area contributed by atoms with Gasteiger partial charge in [-0.05, 0) is 57.2 Å². The minimum atomic E-state index is -0.451. The van der Waals surface area contributed by atoms with E-state index in [2.05, 4.69) is 6.92 Å². The molecule has 1 aromatic carbocycles. The van der Waals surface area contributed by atoms with E-state index >= 15 is 0 Å². The number of carbonyl (C=O) groups excluding carboxylic acids is 1. The smallest absolute Gasteiger partial charge is 0.410 e. The molecule has 1 aliphatic heterocycles. The lowest BCUT2D eigenvalue weighted by Gasteiger charge is -2.28. The zero-order valence-electron chi connectivity index (χ0n) is 13.2. The molecule has 1 fully saturated rings. The van der Waals surface area contributed by atoms with Crippen molar-refractivity contribution >= 4 is 17.7 Å². The van der Waals surface area contributed by atoms with Crippen molar-refractivity contribution in [2.75, 3.05) is 6.54 Å². The van der Waals surface area contributed by atoms with Crippen LogP contribution in [0.15, 0.2) is 24.3 Å². The molecule has 1 aliphatic rings. The molecule has 2 rings (SSSR count). The largest absolute Gasteiger partial charge is 0.444 e. The maximum atomic E-state index is 12.3. The van der Waals surface area contributed by atoms with Gasteiger partial charge in [0, 0.05) is 17.6 Å². The van der Waals surface area contributed by atoms with Gasteiger partial charge in [-0.15, -0.1) is 0 Å². The number of halogens is 1. The SMILES string of the molecule is C[C@H]1C[C@H](Cc2ccc(Cl)cc2)N(C(=O)OC(C)(C)C)C1. The van der Waals surface area contributed by atoms with Crippen molar-refractivity contribution in [3.05, 3.63) is 34.9 Å². The quantitative estimate of drug-likeness (QED) is 0.803. The lowest BCUT2D eigenvalue weighted by molar-refractivity contribution is 0.0222. The molecule has 1 aromatic rings. The zero-order valence-corrected chi connectivity index (χ0v) is 14.0. The molecule has 2 atom stereocenters. The van der Waals surface area contributed by atoms with Crippen LogP contribution in [-0.2, 0) is 11.2 Å². The number of likely N-dealkylation sites (tertiary alicyclic amines) is 1. The van der Waals surface area contributed by atoms with Gasteiger partial charge in [0.05, 0.1) is 0 Å². The van der Waals surface area contributed by atoms with Gasteiger partial charge in [0.15, 0.2) is 0 Å². The van der Waals surface area contributed by atoms with Crippen molar-refractivity contribution in [3.8, 4) is 0 Å². The van der Waals surface area contributed by atoms with Crippen molar-refractivity contribution in [1.29, 1.82) is 0 Å². The number of carbonyl (C=O) groups is 1. The topological polar surface area (TPSA) is 29.5 Å². The van der Waals surface area contributed by atoms with E-state index in [4.69, 9.17) is 16.3 Å². The number of hydrogen-bond donors (Lipinski definition) is 0. The van der Waals surface area contributed by atoms with Gasteiger partial charge in [-0.1, -0.05) is 30.7 Å². The summed E-state index contributed by atoms with van der Waals surface area (Å²) >= 11 is 5.92. The van der Waals surface area contributed by atoms with E-state index in [-0.39, 0.29) is 12.1 Å². The van der Waals surface area contributed by atoms with Crippen LogP contribution >= 0.6 is 11.6 Å². The van der Waals surface area contributed by atoms with Crippen LogP contribution in [0.25, 0.3) is 0 Å². The molecule has 21 heavy (non-hydrogen) atoms. The second-order valence-corrected chi connectivity index (χ2v) is 7.39. The van der Waals surface area contributed by atoms with Gasteiger partial charge in [0.25, 0.3) is 0 Å². The van der Waals surface area contributed by atoms with Gasteiger partial charge in [0.1, 0.15) is 5.60 Å². The van der Waals surface area contributed by atoms with Crippen molar-refractivity contribution in [2.45, 2.75) is 52.2 Å². The number of ether oxygens (including phenoxy) is 1. The molecule has 0 N–H and O–H groups in total. The molecule has 1 heterocycles. The summed E-state index contributed by atoms with van der Waals surface area (Å²) in [6, 6.07) is 8.05. The summed E-state index contributed by atoms with van der Waals surface area (Å²) in [4.78, 5) is 14.2. The molecule has 0 radical (unpaired) electrons. The number of benzene rings is 1. The molecule has 0 aliphatic carbocycles. The molecule has 0 unspecified atom stereocenters. The Hall–Kier alpha value is -1.22. The zero-order chi connectivity index (χ0) is 15.6. The molecule has 0 aromatic heterocycles. The number of hydrogen-bond acceptors (Lipinski definition) is 2. The molecular weight excluding hydrogens is 286 g/mol. The molecule has 0 saturated carbocycles. The number of amides is 1. The van der Waals surface area contributed by atoms with Crippen LogP contribution < -0.4 is 0 Å². The maximum absolute atomic E-state index is 12.3. The fraction of sp³-hybridized carbons (Fsp3) is 0.588. The second kappa shape index (κ2) is 6.27. The lowest BCUT2D eigenvalue weighted by atomic mass is 10.0. The Morgan fingerprint density at radius 2 is 1.95 bits per heavy atom. The van der Waals surface area contributed by atoms with Crippen molar-refractivity contribution in [2.24, 2.45) is 5.92 Å². The molecule has 116 valence electrons. The Labute approximate surface area is 132 Å². The lowest BCUT2D eigenvalue weighted by Crippen LogP contribution is -2.40. The van der Waals surface area contributed by atoms with E-state index in [1.807, 2.05) is 49.9 Å². The van der Waals surface area contributed by atoms with Crippen LogP contribution in [-0.4, -0.2) is 29.2 Å². The predicted molar refractivity (Wildman–Crippen MR) is 85.7 cm³/mol. The van der Waals surface area contributed by atoms with Crippen molar-refractivity contribution < 1.29 is 9.53 Å². The Morgan fingerprint density at radius 1 is 1.33 bits per heavy atom. The van der Waals surface area contributed by atoms with Gasteiger partial charge in [-0.25, -0.2) is 4.79 Å². The van der Waals surface area contributed by atoms with Gasteiger partial charge in [-0.3, -0.25) is 0 Å². The third-order valence-corrected chi connectivity index (χ3v) is 3.89. The highest BCUT2D eigenvalue weighted by atomic mass is 35.5. The highest BCUT2D eigenvalue weighted by molar-refractivity contribution is 6.30. The minimum Gasteiger partial charge on any atom is -0.444 e. The number of nitrogens with zero attached hydrogens (tertiary/aromatic N) is 1. The van der Waals surface area contributed by atoms with Crippen LogP contribution in [0.3, 0.4) is 0 Å². The summed E-state index contributed by atoms with van der Waals surface area (Å²) in [6.07, 6.45) is 1.66. The first kappa shape index (κ1) is 16.2. The van der Waals surface area contributed by atoms with Crippen LogP contribution in [0, 0.1) is 5.92 Å². The molecule has 0 spiro atoms. The van der Waals surface area contributed by atoms with Crippen LogP contribution in [0.4, 0.5) is 4.79 Å². The fourth-order valence-corrected chi connectivity index (χ4v) is 2.91. The van der Waals surface area contributed by atoms with E-state index < -0.39 is 5.60 Å². The van der Waals surface area contributed by atoms with Gasteiger partial charge in [-0.2, -0.15) is 0 Å². The second-order valence-electron chi connectivity index (χ2n) is 6.96. The molecule has 3 nitrogen and oxygen atoms in total. The summed E-state index contributed by atoms with van der Waals surface area (Å²) in [7, 11) is 0. The molecular formula is C17H24ClNO2. The van der Waals surface area contributed by atoms with E-state index in [9.17, 15) is 4.79 Å². The maximum Gasteiger partial charge on any atom is 0.410 e. The first-order valence-electron chi connectivity index (χ1n) is 7.48. The van der Waals surface area contributed by atoms with E-state index in [0.29, 0.717) is 5.92 Å². The summed E-state index contributed by atoms with van der Waals surface area (Å²) < 4.78 is 5.52. The Balaban J connectivity index is 2.06. The Kier molecular flexibility index (Phi) is 4.82. The van der Waals surface area contributed by atoms with Gasteiger partial charge < -0.3 is 9.64 Å². The summed E-state index contributed by atoms with van der Waals surface area (Å²) in [5.41, 5.74) is 0.750. The number of rotatable bonds is 2. The van der Waals surface area contributed by atoms with Gasteiger partial charge >= 0.3 is 6.09 Å². The highest BCUT2D eigenvalue weighted by Crippen LogP contribution is 2.27. The van der Waals surface area contributed by atoms with E-state index in [1.54, 1.807) is 0 Å². The first-order valence-corrected chi connectivity index (χ1v) is 7.86. The average Bonchev–Trinajstić information content (AvgIpc) is 2.71. The fourth-order valence-electron chi connectivity index (χ4n) is 2.78. The third kappa shape index (κ3) is 4.63. The normalized spacial score (nSPS) is 22.4. The monoisotopic (exact) mass is 309 g/mol. The third-order valence-electron chi connectivity index (χ3n) is 3.64. The standard InChI is InChI=1S/C17H24ClNO2/c1-12-9-15(10-13-5-7-14(18)8-6-13)19(11-12)16(20)21-17(2,3)4/h5-8,12,15H,9-11H2,1-4H3/t12-,15+/m0/s1. The van der Waals surface area contributed by atoms with Crippen LogP contribution in [0.2, 0.25) is 5.02 Å². The summed E-state index contributed by atoms with van der Waals surface area (Å²) in [6.45, 7) is 8.65. The van der Waals surface area contributed by atoms with Crippen molar-refractivity contribution in [1.82, 2.24) is 4.90 Å². The van der Waals surface area contributed by atoms with E-state index in [0.717, 1.165) is 24.4 Å². The summed E-state index contributed by atoms with van der Waals surface area (Å²) in [5.74, 6) is 0.509. The Bertz CT molecular complexity index is 493. The van der Waals surface area contributed by atoms with Crippen molar-refractivity contribution in [3.63, 3.8) is 0 Å². The van der Waals surface area contributed by atoms with Crippen LogP contribution in [0.5, 0.6) is 0 Å². The molecule has 0 bridgehead atoms. The minimum absolute atomic E-state index is 0.203.